The van der Waals surface area contributed by atoms with Gasteiger partial charge in [0.2, 0.25) is 5.95 Å². The number of ether oxygens (including phenoxy) is 1. The Bertz CT molecular complexity index is 584. The highest BCUT2D eigenvalue weighted by atomic mass is 16.5. The monoisotopic (exact) mass is 313 g/mol. The summed E-state index contributed by atoms with van der Waals surface area (Å²) in [5.74, 6) is 0.802. The zero-order valence-electron chi connectivity index (χ0n) is 13.6. The third-order valence-electron chi connectivity index (χ3n) is 3.97. The van der Waals surface area contributed by atoms with Gasteiger partial charge in [0.15, 0.2) is 0 Å². The fraction of sp³-hybridized carbons (Fsp3) is 0.471. The Kier molecular flexibility index (Phi) is 5.50. The molecule has 3 rings (SSSR count). The number of aromatic nitrogens is 3. The summed E-state index contributed by atoms with van der Waals surface area (Å²) in [4.78, 5) is 17.5. The van der Waals surface area contributed by atoms with Crippen LogP contribution in [0.15, 0.2) is 36.9 Å². The van der Waals surface area contributed by atoms with E-state index >= 15 is 0 Å². The number of likely N-dealkylation sites (N-methyl/N-ethyl adjacent to an activating group) is 1. The van der Waals surface area contributed by atoms with Gasteiger partial charge in [-0.2, -0.15) is 0 Å². The molecule has 122 valence electrons. The summed E-state index contributed by atoms with van der Waals surface area (Å²) < 4.78 is 5.35. The van der Waals surface area contributed by atoms with Crippen LogP contribution in [0.2, 0.25) is 0 Å². The summed E-state index contributed by atoms with van der Waals surface area (Å²) in [5.41, 5.74) is 2.45. The minimum absolute atomic E-state index is 0.753. The molecule has 1 aliphatic heterocycles. The Hall–Kier alpha value is -2.05. The number of pyridine rings is 1. The average Bonchev–Trinajstić information content (AvgIpc) is 2.62. The third kappa shape index (κ3) is 4.71. The zero-order chi connectivity index (χ0) is 15.9. The van der Waals surface area contributed by atoms with Gasteiger partial charge in [-0.1, -0.05) is 0 Å². The molecule has 2 aromatic heterocycles. The number of morpholine rings is 1. The van der Waals surface area contributed by atoms with Gasteiger partial charge in [0.25, 0.3) is 0 Å². The number of anilines is 1. The van der Waals surface area contributed by atoms with E-state index in [1.807, 2.05) is 24.8 Å². The first kappa shape index (κ1) is 15.8. The first-order valence-electron chi connectivity index (χ1n) is 8.02. The summed E-state index contributed by atoms with van der Waals surface area (Å²) in [6.07, 6.45) is 8.56. The average molecular weight is 313 g/mol. The molecule has 1 fully saturated rings. The van der Waals surface area contributed by atoms with E-state index in [4.69, 9.17) is 4.74 Å². The van der Waals surface area contributed by atoms with Gasteiger partial charge in [0.05, 0.1) is 13.2 Å². The Labute approximate surface area is 137 Å². The number of hydrogen-bond donors (Lipinski definition) is 0. The zero-order valence-corrected chi connectivity index (χ0v) is 13.6. The fourth-order valence-corrected chi connectivity index (χ4v) is 2.62. The van der Waals surface area contributed by atoms with Crippen molar-refractivity contribution in [1.29, 1.82) is 0 Å². The molecule has 3 heterocycles. The van der Waals surface area contributed by atoms with Crippen molar-refractivity contribution in [3.05, 3.63) is 48.0 Å². The predicted octanol–water partition coefficient (Wildman–Crippen LogP) is 1.38. The summed E-state index contributed by atoms with van der Waals surface area (Å²) >= 11 is 0. The van der Waals surface area contributed by atoms with E-state index in [0.717, 1.165) is 57.3 Å². The number of nitrogens with zero attached hydrogens (tertiary/aromatic N) is 5. The van der Waals surface area contributed by atoms with Crippen molar-refractivity contribution in [2.75, 3.05) is 44.8 Å². The van der Waals surface area contributed by atoms with Crippen LogP contribution in [-0.2, 0) is 17.7 Å². The van der Waals surface area contributed by atoms with Crippen LogP contribution in [0, 0.1) is 0 Å². The minimum Gasteiger partial charge on any atom is -0.378 e. The molecule has 0 aromatic carbocycles. The van der Waals surface area contributed by atoms with Gasteiger partial charge in [-0.3, -0.25) is 4.98 Å². The molecule has 0 N–H and O–H groups in total. The van der Waals surface area contributed by atoms with Crippen LogP contribution in [-0.4, -0.2) is 59.7 Å². The molecule has 0 aliphatic carbocycles. The number of rotatable bonds is 6. The normalized spacial score (nSPS) is 15.1. The second-order valence-corrected chi connectivity index (χ2v) is 5.83. The Balaban J connectivity index is 1.49. The van der Waals surface area contributed by atoms with Gasteiger partial charge in [0, 0.05) is 56.5 Å². The van der Waals surface area contributed by atoms with E-state index < -0.39 is 0 Å². The van der Waals surface area contributed by atoms with E-state index in [0.29, 0.717) is 0 Å². The van der Waals surface area contributed by atoms with Crippen molar-refractivity contribution in [2.45, 2.75) is 13.0 Å². The van der Waals surface area contributed by atoms with E-state index in [2.05, 4.69) is 43.9 Å². The molecule has 0 bridgehead atoms. The molecule has 0 amide bonds. The van der Waals surface area contributed by atoms with Crippen molar-refractivity contribution in [3.63, 3.8) is 0 Å². The Morgan fingerprint density at radius 1 is 1.09 bits per heavy atom. The van der Waals surface area contributed by atoms with Crippen LogP contribution < -0.4 is 4.90 Å². The maximum absolute atomic E-state index is 5.35. The van der Waals surface area contributed by atoms with Crippen molar-refractivity contribution in [3.8, 4) is 0 Å². The lowest BCUT2D eigenvalue weighted by molar-refractivity contribution is 0.122. The number of hydrogen-bond acceptors (Lipinski definition) is 6. The Morgan fingerprint density at radius 3 is 2.48 bits per heavy atom. The van der Waals surface area contributed by atoms with E-state index in [1.54, 1.807) is 0 Å². The van der Waals surface area contributed by atoms with Crippen LogP contribution >= 0.6 is 0 Å². The van der Waals surface area contributed by atoms with Crippen LogP contribution in [0.5, 0.6) is 0 Å². The second-order valence-electron chi connectivity index (χ2n) is 5.83. The molecule has 1 aliphatic rings. The maximum Gasteiger partial charge on any atom is 0.225 e. The highest BCUT2D eigenvalue weighted by Crippen LogP contribution is 2.10. The molecule has 0 unspecified atom stereocenters. The summed E-state index contributed by atoms with van der Waals surface area (Å²) in [6.45, 7) is 5.09. The Morgan fingerprint density at radius 2 is 1.78 bits per heavy atom. The van der Waals surface area contributed by atoms with Gasteiger partial charge in [-0.15, -0.1) is 0 Å². The van der Waals surface area contributed by atoms with Gasteiger partial charge in [0.1, 0.15) is 0 Å². The molecule has 0 atom stereocenters. The molecule has 23 heavy (non-hydrogen) atoms. The molecule has 1 saturated heterocycles. The van der Waals surface area contributed by atoms with Crippen molar-refractivity contribution < 1.29 is 4.74 Å². The molecule has 2 aromatic rings. The predicted molar refractivity (Wildman–Crippen MR) is 89.3 cm³/mol. The van der Waals surface area contributed by atoms with Crippen molar-refractivity contribution >= 4 is 5.95 Å². The lowest BCUT2D eigenvalue weighted by Gasteiger charge is -2.26. The first-order valence-corrected chi connectivity index (χ1v) is 8.02. The quantitative estimate of drug-likeness (QED) is 0.803. The van der Waals surface area contributed by atoms with E-state index in [-0.39, 0.29) is 0 Å². The molecule has 0 radical (unpaired) electrons. The summed E-state index contributed by atoms with van der Waals surface area (Å²) in [6, 6.07) is 4.13. The third-order valence-corrected chi connectivity index (χ3v) is 3.97. The lowest BCUT2D eigenvalue weighted by Crippen LogP contribution is -2.37. The standard InChI is InChI=1S/C17H23N5O/c1-21(7-4-15-2-5-18-6-3-15)14-16-12-19-17(20-13-16)22-8-10-23-11-9-22/h2-3,5-6,12-13H,4,7-11,14H2,1H3. The van der Waals surface area contributed by atoms with Crippen LogP contribution in [0.3, 0.4) is 0 Å². The van der Waals surface area contributed by atoms with Crippen molar-refractivity contribution in [1.82, 2.24) is 19.9 Å². The molecule has 0 spiro atoms. The molecule has 6 heteroatoms. The SMILES string of the molecule is CN(CCc1ccncc1)Cc1cnc(N2CCOCC2)nc1. The van der Waals surface area contributed by atoms with Crippen molar-refractivity contribution in [2.24, 2.45) is 0 Å². The summed E-state index contributed by atoms with van der Waals surface area (Å²) in [7, 11) is 2.12. The van der Waals surface area contributed by atoms with Crippen LogP contribution in [0.4, 0.5) is 5.95 Å². The molecule has 6 nitrogen and oxygen atoms in total. The van der Waals surface area contributed by atoms with Gasteiger partial charge in [-0.25, -0.2) is 9.97 Å². The smallest absolute Gasteiger partial charge is 0.225 e. The highest BCUT2D eigenvalue weighted by Gasteiger charge is 2.13. The maximum atomic E-state index is 5.35. The minimum atomic E-state index is 0.753. The molecular weight excluding hydrogens is 290 g/mol. The fourth-order valence-electron chi connectivity index (χ4n) is 2.62. The summed E-state index contributed by atoms with van der Waals surface area (Å²) in [5, 5.41) is 0. The first-order chi connectivity index (χ1) is 11.3. The molecular formula is C17H23N5O. The largest absolute Gasteiger partial charge is 0.378 e. The second kappa shape index (κ2) is 7.99. The van der Waals surface area contributed by atoms with Gasteiger partial charge in [-0.05, 0) is 31.2 Å². The van der Waals surface area contributed by atoms with Gasteiger partial charge < -0.3 is 14.5 Å². The van der Waals surface area contributed by atoms with E-state index in [9.17, 15) is 0 Å². The highest BCUT2D eigenvalue weighted by molar-refractivity contribution is 5.30. The molecule has 0 saturated carbocycles. The van der Waals surface area contributed by atoms with Gasteiger partial charge >= 0.3 is 0 Å². The topological polar surface area (TPSA) is 54.4 Å². The van der Waals surface area contributed by atoms with E-state index in [1.165, 1.54) is 5.56 Å². The lowest BCUT2D eigenvalue weighted by atomic mass is 10.2. The van der Waals surface area contributed by atoms with Crippen LogP contribution in [0.25, 0.3) is 0 Å². The van der Waals surface area contributed by atoms with Crippen LogP contribution in [0.1, 0.15) is 11.1 Å².